The highest BCUT2D eigenvalue weighted by Crippen LogP contribution is 2.19. The van der Waals surface area contributed by atoms with Crippen LogP contribution in [0.4, 0.5) is 10.1 Å². The average molecular weight is 504 g/mol. The summed E-state index contributed by atoms with van der Waals surface area (Å²) in [6.45, 7) is 4.18. The number of carbonyl (C=O) groups is 2. The molecule has 0 bridgehead atoms. The van der Waals surface area contributed by atoms with Crippen molar-refractivity contribution in [3.8, 4) is 0 Å². The van der Waals surface area contributed by atoms with E-state index in [0.29, 0.717) is 23.2 Å². The molecule has 0 spiro atoms. The molecule has 0 radical (unpaired) electrons. The molecule has 1 aromatic heterocycles. The lowest BCUT2D eigenvalue weighted by atomic mass is 10.2. The lowest BCUT2D eigenvalue weighted by Crippen LogP contribution is -2.25. The molecule has 0 fully saturated rings. The zero-order chi connectivity index (χ0) is 22.2. The highest BCUT2D eigenvalue weighted by Gasteiger charge is 2.16. The van der Waals surface area contributed by atoms with E-state index in [-0.39, 0.29) is 23.8 Å². The van der Waals surface area contributed by atoms with E-state index < -0.39 is 11.7 Å². The third-order valence-electron chi connectivity index (χ3n) is 4.07. The van der Waals surface area contributed by atoms with Gasteiger partial charge in [0.2, 0.25) is 5.91 Å². The number of benzene rings is 2. The van der Waals surface area contributed by atoms with Gasteiger partial charge in [0.15, 0.2) is 11.0 Å². The molecule has 2 amide bonds. The number of halogens is 2. The second kappa shape index (κ2) is 10.9. The summed E-state index contributed by atoms with van der Waals surface area (Å²) in [5.41, 5.74) is 0.639. The summed E-state index contributed by atoms with van der Waals surface area (Å²) in [6.07, 6.45) is 1.66. The van der Waals surface area contributed by atoms with Gasteiger partial charge in [-0.1, -0.05) is 52.0 Å². The number of nitrogens with zero attached hydrogens (tertiary/aromatic N) is 3. The lowest BCUT2D eigenvalue weighted by Gasteiger charge is -2.09. The maximum absolute atomic E-state index is 13.8. The van der Waals surface area contributed by atoms with Crippen molar-refractivity contribution in [1.29, 1.82) is 0 Å². The van der Waals surface area contributed by atoms with Crippen molar-refractivity contribution in [3.63, 3.8) is 0 Å². The summed E-state index contributed by atoms with van der Waals surface area (Å²) in [4.78, 5) is 24.5. The molecule has 10 heteroatoms. The Morgan fingerprint density at radius 3 is 2.74 bits per heavy atom. The molecule has 160 valence electrons. The lowest BCUT2D eigenvalue weighted by molar-refractivity contribution is -0.113. The van der Waals surface area contributed by atoms with Crippen molar-refractivity contribution in [1.82, 2.24) is 20.1 Å². The summed E-state index contributed by atoms with van der Waals surface area (Å²) < 4.78 is 16.4. The second-order valence-electron chi connectivity index (χ2n) is 6.31. The Hall–Kier alpha value is -2.98. The third kappa shape index (κ3) is 6.25. The first kappa shape index (κ1) is 22.7. The van der Waals surface area contributed by atoms with Crippen LogP contribution in [0.1, 0.15) is 16.2 Å². The molecule has 3 aromatic rings. The zero-order valence-electron chi connectivity index (χ0n) is 16.3. The number of aromatic nitrogens is 3. The van der Waals surface area contributed by atoms with E-state index in [2.05, 4.69) is 43.3 Å². The standard InChI is InChI=1S/C21H19BrFN5O2S/c1-2-10-28-18(12-24-20(30)16-8-3-4-9-17(16)23)26-27-21(28)31-13-19(29)25-15-7-5-6-14(22)11-15/h2-9,11H,1,10,12-13H2,(H,24,30)(H,25,29). The number of nitrogens with one attached hydrogen (secondary N) is 2. The Morgan fingerprint density at radius 2 is 2.00 bits per heavy atom. The first-order valence-electron chi connectivity index (χ1n) is 9.22. The number of hydrogen-bond donors (Lipinski definition) is 2. The molecule has 1 heterocycles. The van der Waals surface area contributed by atoms with Gasteiger partial charge in [-0.15, -0.1) is 16.8 Å². The van der Waals surface area contributed by atoms with E-state index in [9.17, 15) is 14.0 Å². The molecule has 0 aliphatic carbocycles. The molecule has 7 nitrogen and oxygen atoms in total. The first-order chi connectivity index (χ1) is 15.0. The zero-order valence-corrected chi connectivity index (χ0v) is 18.7. The van der Waals surface area contributed by atoms with Crippen LogP contribution in [0.5, 0.6) is 0 Å². The van der Waals surface area contributed by atoms with Gasteiger partial charge in [0.1, 0.15) is 5.82 Å². The predicted octanol–water partition coefficient (Wildman–Crippen LogP) is 4.03. The largest absolute Gasteiger partial charge is 0.345 e. The smallest absolute Gasteiger partial charge is 0.254 e. The van der Waals surface area contributed by atoms with Crippen LogP contribution in [-0.2, 0) is 17.9 Å². The molecule has 0 unspecified atom stereocenters. The number of amides is 2. The summed E-state index contributed by atoms with van der Waals surface area (Å²) >= 11 is 4.58. The van der Waals surface area contributed by atoms with E-state index in [0.717, 1.165) is 4.47 Å². The molecule has 3 rings (SSSR count). The Balaban J connectivity index is 1.61. The fourth-order valence-corrected chi connectivity index (χ4v) is 3.83. The van der Waals surface area contributed by atoms with Gasteiger partial charge in [0.05, 0.1) is 17.9 Å². The van der Waals surface area contributed by atoms with Crippen molar-refractivity contribution in [3.05, 3.63) is 82.9 Å². The second-order valence-corrected chi connectivity index (χ2v) is 8.17. The summed E-state index contributed by atoms with van der Waals surface area (Å²) in [5.74, 6) is -0.733. The maximum atomic E-state index is 13.8. The van der Waals surface area contributed by atoms with Gasteiger partial charge in [-0.3, -0.25) is 9.59 Å². The van der Waals surface area contributed by atoms with E-state index in [4.69, 9.17) is 0 Å². The van der Waals surface area contributed by atoms with Gasteiger partial charge in [-0.05, 0) is 30.3 Å². The Bertz CT molecular complexity index is 1100. The quantitative estimate of drug-likeness (QED) is 0.340. The van der Waals surface area contributed by atoms with Gasteiger partial charge in [-0.2, -0.15) is 0 Å². The number of thioether (sulfide) groups is 1. The number of hydrogen-bond acceptors (Lipinski definition) is 5. The van der Waals surface area contributed by atoms with Gasteiger partial charge < -0.3 is 15.2 Å². The average Bonchev–Trinajstić information content (AvgIpc) is 3.13. The van der Waals surface area contributed by atoms with Crippen LogP contribution in [0.3, 0.4) is 0 Å². The maximum Gasteiger partial charge on any atom is 0.254 e. The van der Waals surface area contributed by atoms with Crippen LogP contribution in [0.25, 0.3) is 0 Å². The molecule has 31 heavy (non-hydrogen) atoms. The minimum absolute atomic E-state index is 0.0453. The fraction of sp³-hybridized carbons (Fsp3) is 0.143. The number of allylic oxidation sites excluding steroid dienone is 1. The number of rotatable bonds is 9. The van der Waals surface area contributed by atoms with E-state index in [1.54, 1.807) is 28.8 Å². The number of anilines is 1. The molecule has 0 aliphatic heterocycles. The Labute approximate surface area is 191 Å². The minimum Gasteiger partial charge on any atom is -0.345 e. The van der Waals surface area contributed by atoms with Crippen LogP contribution >= 0.6 is 27.7 Å². The minimum atomic E-state index is -0.597. The van der Waals surface area contributed by atoms with Crippen LogP contribution in [-0.4, -0.2) is 32.3 Å². The third-order valence-corrected chi connectivity index (χ3v) is 5.53. The van der Waals surface area contributed by atoms with Crippen molar-refractivity contribution in [2.45, 2.75) is 18.2 Å². The molecule has 0 atom stereocenters. The van der Waals surface area contributed by atoms with E-state index in [1.807, 2.05) is 12.1 Å². The predicted molar refractivity (Wildman–Crippen MR) is 121 cm³/mol. The molecule has 2 N–H and O–H groups in total. The SMILES string of the molecule is C=CCn1c(CNC(=O)c2ccccc2F)nnc1SCC(=O)Nc1cccc(Br)c1. The van der Waals surface area contributed by atoms with Crippen LogP contribution in [0.15, 0.2) is 70.8 Å². The van der Waals surface area contributed by atoms with Gasteiger partial charge in [-0.25, -0.2) is 4.39 Å². The van der Waals surface area contributed by atoms with Crippen molar-refractivity contribution in [2.75, 3.05) is 11.1 Å². The summed E-state index contributed by atoms with van der Waals surface area (Å²) in [6, 6.07) is 13.0. The Morgan fingerprint density at radius 1 is 1.19 bits per heavy atom. The highest BCUT2D eigenvalue weighted by atomic mass is 79.9. The fourth-order valence-electron chi connectivity index (χ4n) is 2.66. The molecule has 0 aliphatic rings. The van der Waals surface area contributed by atoms with Gasteiger partial charge in [0.25, 0.3) is 5.91 Å². The monoisotopic (exact) mass is 503 g/mol. The van der Waals surface area contributed by atoms with E-state index >= 15 is 0 Å². The van der Waals surface area contributed by atoms with E-state index in [1.165, 1.54) is 30.0 Å². The van der Waals surface area contributed by atoms with Crippen molar-refractivity contribution < 1.29 is 14.0 Å². The molecule has 0 saturated carbocycles. The molecular weight excluding hydrogens is 485 g/mol. The van der Waals surface area contributed by atoms with Crippen molar-refractivity contribution >= 4 is 45.2 Å². The topological polar surface area (TPSA) is 88.9 Å². The summed E-state index contributed by atoms with van der Waals surface area (Å²) in [5, 5.41) is 14.2. The Kier molecular flexibility index (Phi) is 7.96. The normalized spacial score (nSPS) is 10.5. The molecule has 2 aromatic carbocycles. The van der Waals surface area contributed by atoms with Crippen LogP contribution in [0, 0.1) is 5.82 Å². The van der Waals surface area contributed by atoms with Crippen LogP contribution < -0.4 is 10.6 Å². The van der Waals surface area contributed by atoms with Gasteiger partial charge in [0, 0.05) is 16.7 Å². The summed E-state index contributed by atoms with van der Waals surface area (Å²) in [7, 11) is 0. The van der Waals surface area contributed by atoms with Crippen LogP contribution in [0.2, 0.25) is 0 Å². The first-order valence-corrected chi connectivity index (χ1v) is 11.0. The molecule has 0 saturated heterocycles. The highest BCUT2D eigenvalue weighted by molar-refractivity contribution is 9.10. The molecular formula is C21H19BrFN5O2S. The van der Waals surface area contributed by atoms with Crippen molar-refractivity contribution in [2.24, 2.45) is 0 Å². The number of carbonyl (C=O) groups excluding carboxylic acids is 2. The van der Waals surface area contributed by atoms with Gasteiger partial charge >= 0.3 is 0 Å².